The van der Waals surface area contributed by atoms with Gasteiger partial charge in [-0.3, -0.25) is 4.79 Å². The van der Waals surface area contributed by atoms with Crippen LogP contribution in [0.3, 0.4) is 0 Å². The molecule has 0 spiro atoms. The summed E-state index contributed by atoms with van der Waals surface area (Å²) < 4.78 is 13.2. The number of carbonyl (C=O) groups is 1. The van der Waals surface area contributed by atoms with E-state index < -0.39 is 5.82 Å². The van der Waals surface area contributed by atoms with Gasteiger partial charge in [-0.05, 0) is 37.7 Å². The molecule has 1 N–H and O–H groups in total. The summed E-state index contributed by atoms with van der Waals surface area (Å²) in [5, 5.41) is 9.50. The van der Waals surface area contributed by atoms with Gasteiger partial charge >= 0.3 is 0 Å². The molecule has 1 aromatic carbocycles. The summed E-state index contributed by atoms with van der Waals surface area (Å²) in [6.45, 7) is 5.03. The number of amides is 1. The smallest absolute Gasteiger partial charge is 0.253 e. The normalized spacial score (nSPS) is 21.6. The molecule has 1 heterocycles. The average Bonchev–Trinajstić information content (AvgIpc) is 2.92. The van der Waals surface area contributed by atoms with Gasteiger partial charge in [0.15, 0.2) is 0 Å². The molecule has 4 nitrogen and oxygen atoms in total. The predicted molar refractivity (Wildman–Crippen MR) is 84.6 cm³/mol. The van der Waals surface area contributed by atoms with Crippen LogP contribution >= 0.6 is 11.6 Å². The van der Waals surface area contributed by atoms with Gasteiger partial charge in [-0.15, -0.1) is 0 Å². The van der Waals surface area contributed by atoms with E-state index in [4.69, 9.17) is 11.6 Å². The third-order valence-corrected chi connectivity index (χ3v) is 4.64. The zero-order valence-corrected chi connectivity index (χ0v) is 13.7. The van der Waals surface area contributed by atoms with Crippen LogP contribution in [0.2, 0.25) is 5.02 Å². The van der Waals surface area contributed by atoms with Crippen molar-refractivity contribution in [3.63, 3.8) is 0 Å². The molecule has 0 aliphatic carbocycles. The number of hydrogen-bond acceptors (Lipinski definition) is 3. The van der Waals surface area contributed by atoms with Crippen molar-refractivity contribution in [2.75, 3.05) is 39.8 Å². The first kappa shape index (κ1) is 17.2. The second kappa shape index (κ2) is 7.40. The van der Waals surface area contributed by atoms with Crippen LogP contribution in [-0.4, -0.2) is 60.6 Å². The molecule has 2 atom stereocenters. The van der Waals surface area contributed by atoms with Crippen molar-refractivity contribution in [3.8, 4) is 0 Å². The van der Waals surface area contributed by atoms with E-state index in [0.717, 1.165) is 13.1 Å². The Kier molecular flexibility index (Phi) is 5.78. The molecule has 22 heavy (non-hydrogen) atoms. The molecule has 1 amide bonds. The molecular formula is C16H22ClFN2O2. The van der Waals surface area contributed by atoms with Crippen LogP contribution in [-0.2, 0) is 0 Å². The lowest BCUT2D eigenvalue weighted by molar-refractivity contribution is 0.0779. The third-order valence-electron chi connectivity index (χ3n) is 4.35. The molecule has 0 bridgehead atoms. The van der Waals surface area contributed by atoms with Crippen molar-refractivity contribution in [2.24, 2.45) is 11.8 Å². The molecular weight excluding hydrogens is 307 g/mol. The third kappa shape index (κ3) is 3.77. The summed E-state index contributed by atoms with van der Waals surface area (Å²) in [4.78, 5) is 16.4. The highest BCUT2D eigenvalue weighted by Crippen LogP contribution is 2.26. The lowest BCUT2D eigenvalue weighted by Crippen LogP contribution is -2.32. The Bertz CT molecular complexity index is 541. The summed E-state index contributed by atoms with van der Waals surface area (Å²) in [7, 11) is 2.03. The molecule has 1 aliphatic heterocycles. The van der Waals surface area contributed by atoms with Crippen LogP contribution in [0.1, 0.15) is 17.3 Å². The Morgan fingerprint density at radius 3 is 2.73 bits per heavy atom. The van der Waals surface area contributed by atoms with Crippen molar-refractivity contribution in [1.29, 1.82) is 0 Å². The van der Waals surface area contributed by atoms with Gasteiger partial charge in [0.25, 0.3) is 5.91 Å². The Hall–Kier alpha value is -1.17. The minimum atomic E-state index is -0.532. The van der Waals surface area contributed by atoms with E-state index >= 15 is 0 Å². The maximum absolute atomic E-state index is 13.2. The Labute approximate surface area is 135 Å². The van der Waals surface area contributed by atoms with Crippen LogP contribution in [0.15, 0.2) is 18.2 Å². The SMILES string of the molecule is CCN(C)C[C@@H]1CN(C(=O)c2ccc(F)c(Cl)c2)C[C@@H]1CO. The number of halogens is 2. The number of carbonyl (C=O) groups excluding carboxylic acids is 1. The zero-order chi connectivity index (χ0) is 16.3. The fraction of sp³-hybridized carbons (Fsp3) is 0.562. The number of rotatable bonds is 5. The average molecular weight is 329 g/mol. The number of aliphatic hydroxyl groups is 1. The molecule has 6 heteroatoms. The van der Waals surface area contributed by atoms with Gasteiger partial charge in [0.2, 0.25) is 0 Å². The summed E-state index contributed by atoms with van der Waals surface area (Å²) in [5.41, 5.74) is 0.382. The minimum absolute atomic E-state index is 0.0500. The fourth-order valence-corrected chi connectivity index (χ4v) is 3.04. The number of hydrogen-bond donors (Lipinski definition) is 1. The van der Waals surface area contributed by atoms with E-state index in [1.54, 1.807) is 4.90 Å². The number of nitrogens with zero attached hydrogens (tertiary/aromatic N) is 2. The summed E-state index contributed by atoms with van der Waals surface area (Å²) in [6.07, 6.45) is 0. The molecule has 122 valence electrons. The number of aliphatic hydroxyl groups excluding tert-OH is 1. The maximum atomic E-state index is 13.2. The molecule has 0 radical (unpaired) electrons. The van der Waals surface area contributed by atoms with Crippen LogP contribution in [0.5, 0.6) is 0 Å². The number of likely N-dealkylation sites (tertiary alicyclic amines) is 1. The topological polar surface area (TPSA) is 43.8 Å². The minimum Gasteiger partial charge on any atom is -0.396 e. The van der Waals surface area contributed by atoms with Gasteiger partial charge in [0.1, 0.15) is 5.82 Å². The van der Waals surface area contributed by atoms with Crippen molar-refractivity contribution in [2.45, 2.75) is 6.92 Å². The van der Waals surface area contributed by atoms with E-state index in [-0.39, 0.29) is 29.4 Å². The predicted octanol–water partition coefficient (Wildman–Crippen LogP) is 2.11. The van der Waals surface area contributed by atoms with Crippen molar-refractivity contribution in [3.05, 3.63) is 34.6 Å². The molecule has 0 saturated carbocycles. The molecule has 0 aromatic heterocycles. The molecule has 2 rings (SSSR count). The van der Waals surface area contributed by atoms with E-state index in [1.807, 2.05) is 7.05 Å². The lowest BCUT2D eigenvalue weighted by Gasteiger charge is -2.22. The van der Waals surface area contributed by atoms with Crippen LogP contribution < -0.4 is 0 Å². The largest absolute Gasteiger partial charge is 0.396 e. The highest BCUT2D eigenvalue weighted by Gasteiger charge is 2.35. The van der Waals surface area contributed by atoms with Gasteiger partial charge in [0, 0.05) is 37.7 Å². The van der Waals surface area contributed by atoms with Gasteiger partial charge in [-0.2, -0.15) is 0 Å². The van der Waals surface area contributed by atoms with Gasteiger partial charge in [-0.25, -0.2) is 4.39 Å². The Morgan fingerprint density at radius 2 is 2.14 bits per heavy atom. The molecule has 1 saturated heterocycles. The first-order valence-corrected chi connectivity index (χ1v) is 7.87. The summed E-state index contributed by atoms with van der Waals surface area (Å²) >= 11 is 5.74. The molecule has 1 fully saturated rings. The molecule has 1 aliphatic rings. The van der Waals surface area contributed by atoms with Crippen molar-refractivity contribution in [1.82, 2.24) is 9.80 Å². The van der Waals surface area contributed by atoms with Gasteiger partial charge < -0.3 is 14.9 Å². The summed E-state index contributed by atoms with van der Waals surface area (Å²) in [6, 6.07) is 4.01. The number of benzene rings is 1. The van der Waals surface area contributed by atoms with E-state index in [9.17, 15) is 14.3 Å². The molecule has 0 unspecified atom stereocenters. The Balaban J connectivity index is 2.09. The first-order chi connectivity index (χ1) is 10.5. The van der Waals surface area contributed by atoms with Crippen molar-refractivity contribution >= 4 is 17.5 Å². The Morgan fingerprint density at radius 1 is 1.45 bits per heavy atom. The standard InChI is InChI=1S/C16H22ClFN2O2/c1-3-19(2)7-12-8-20(9-13(12)10-21)16(22)11-4-5-15(18)14(17)6-11/h4-6,12-13,21H,3,7-10H2,1-2H3/t12-,13-/m1/s1. The van der Waals surface area contributed by atoms with Gasteiger partial charge in [0.05, 0.1) is 5.02 Å². The van der Waals surface area contributed by atoms with Crippen molar-refractivity contribution < 1.29 is 14.3 Å². The van der Waals surface area contributed by atoms with E-state index in [0.29, 0.717) is 18.7 Å². The summed E-state index contributed by atoms with van der Waals surface area (Å²) in [5.74, 6) is -0.374. The zero-order valence-electron chi connectivity index (χ0n) is 12.9. The highest BCUT2D eigenvalue weighted by atomic mass is 35.5. The van der Waals surface area contributed by atoms with Crippen LogP contribution in [0.25, 0.3) is 0 Å². The lowest BCUT2D eigenvalue weighted by atomic mass is 9.96. The van der Waals surface area contributed by atoms with E-state index in [1.165, 1.54) is 18.2 Å². The molecule has 1 aromatic rings. The highest BCUT2D eigenvalue weighted by molar-refractivity contribution is 6.31. The van der Waals surface area contributed by atoms with Gasteiger partial charge in [-0.1, -0.05) is 18.5 Å². The quantitative estimate of drug-likeness (QED) is 0.900. The van der Waals surface area contributed by atoms with Crippen LogP contribution in [0.4, 0.5) is 4.39 Å². The second-order valence-electron chi connectivity index (χ2n) is 5.90. The van der Waals surface area contributed by atoms with Crippen LogP contribution in [0, 0.1) is 17.7 Å². The fourth-order valence-electron chi connectivity index (χ4n) is 2.86. The monoisotopic (exact) mass is 328 g/mol. The maximum Gasteiger partial charge on any atom is 0.253 e. The first-order valence-electron chi connectivity index (χ1n) is 7.50. The second-order valence-corrected chi connectivity index (χ2v) is 6.30. The van der Waals surface area contributed by atoms with E-state index in [2.05, 4.69) is 11.8 Å².